The Morgan fingerprint density at radius 2 is 2.05 bits per heavy atom. The zero-order chi connectivity index (χ0) is 13.9. The van der Waals surface area contributed by atoms with Crippen molar-refractivity contribution in [3.63, 3.8) is 0 Å². The van der Waals surface area contributed by atoms with Crippen molar-refractivity contribution in [1.82, 2.24) is 5.32 Å². The van der Waals surface area contributed by atoms with Crippen LogP contribution in [0.25, 0.3) is 0 Å². The molecule has 2 rings (SSSR count). The summed E-state index contributed by atoms with van der Waals surface area (Å²) in [7, 11) is 0. The highest BCUT2D eigenvalue weighted by molar-refractivity contribution is 5.32. The molecule has 5 heteroatoms. The van der Waals surface area contributed by atoms with Crippen molar-refractivity contribution >= 4 is 0 Å². The maximum Gasteiger partial charge on any atom is 0.416 e. The Balaban J connectivity index is 2.25. The molecule has 1 heterocycles. The van der Waals surface area contributed by atoms with Crippen LogP contribution in [-0.2, 0) is 10.9 Å². The van der Waals surface area contributed by atoms with Crippen molar-refractivity contribution in [1.29, 1.82) is 0 Å². The van der Waals surface area contributed by atoms with Gasteiger partial charge in [-0.1, -0.05) is 25.1 Å². The van der Waals surface area contributed by atoms with Crippen LogP contribution in [-0.4, -0.2) is 19.7 Å². The van der Waals surface area contributed by atoms with Gasteiger partial charge in [0.1, 0.15) is 0 Å². The van der Waals surface area contributed by atoms with E-state index < -0.39 is 17.8 Å². The molecular formula is C14H18F3NO. The summed E-state index contributed by atoms with van der Waals surface area (Å²) >= 11 is 0. The first-order chi connectivity index (χ1) is 9.04. The molecule has 2 nitrogen and oxygen atoms in total. The van der Waals surface area contributed by atoms with Gasteiger partial charge in [0.25, 0.3) is 0 Å². The molecule has 1 aliphatic rings. The summed E-state index contributed by atoms with van der Waals surface area (Å²) in [5, 5.41) is 3.19. The van der Waals surface area contributed by atoms with E-state index in [4.69, 9.17) is 4.74 Å². The van der Waals surface area contributed by atoms with E-state index in [1.807, 2.05) is 6.92 Å². The third-order valence-corrected chi connectivity index (χ3v) is 3.44. The topological polar surface area (TPSA) is 21.3 Å². The fraction of sp³-hybridized carbons (Fsp3) is 0.571. The van der Waals surface area contributed by atoms with E-state index in [9.17, 15) is 13.2 Å². The minimum absolute atomic E-state index is 0.100. The number of benzene rings is 1. The van der Waals surface area contributed by atoms with Crippen molar-refractivity contribution in [3.05, 3.63) is 35.4 Å². The Bertz CT molecular complexity index is 419. The lowest BCUT2D eigenvalue weighted by Gasteiger charge is -2.22. The van der Waals surface area contributed by atoms with Crippen LogP contribution >= 0.6 is 0 Å². The van der Waals surface area contributed by atoms with Gasteiger partial charge in [-0.3, -0.25) is 0 Å². The molecule has 106 valence electrons. The quantitative estimate of drug-likeness (QED) is 0.908. The second-order valence-corrected chi connectivity index (χ2v) is 4.73. The van der Waals surface area contributed by atoms with Crippen molar-refractivity contribution in [2.24, 2.45) is 5.92 Å². The van der Waals surface area contributed by atoms with E-state index in [-0.39, 0.29) is 11.5 Å². The van der Waals surface area contributed by atoms with Crippen LogP contribution in [0.2, 0.25) is 0 Å². The van der Waals surface area contributed by atoms with Gasteiger partial charge >= 0.3 is 6.18 Å². The van der Waals surface area contributed by atoms with Gasteiger partial charge < -0.3 is 10.1 Å². The number of nitrogens with one attached hydrogen (secondary N) is 1. The van der Waals surface area contributed by atoms with Gasteiger partial charge in [-0.25, -0.2) is 0 Å². The lowest BCUT2D eigenvalue weighted by Crippen LogP contribution is -2.25. The second kappa shape index (κ2) is 5.92. The van der Waals surface area contributed by atoms with Gasteiger partial charge in [-0.15, -0.1) is 0 Å². The largest absolute Gasteiger partial charge is 0.416 e. The lowest BCUT2D eigenvalue weighted by molar-refractivity contribution is -0.139. The minimum Gasteiger partial charge on any atom is -0.373 e. The summed E-state index contributed by atoms with van der Waals surface area (Å²) < 4.78 is 44.6. The first kappa shape index (κ1) is 14.3. The highest BCUT2D eigenvalue weighted by Gasteiger charge is 2.38. The highest BCUT2D eigenvalue weighted by atomic mass is 19.4. The molecule has 0 aliphatic carbocycles. The van der Waals surface area contributed by atoms with E-state index in [0.717, 1.165) is 19.0 Å². The molecule has 0 aromatic heterocycles. The fourth-order valence-corrected chi connectivity index (χ4v) is 2.52. The standard InChI is InChI=1S/C14H18F3NO/c1-2-18-9-10-7-8-19-13(10)11-5-3-4-6-12(11)14(15,16)17/h3-6,10,13,18H,2,7-9H2,1H3. The molecule has 1 aliphatic heterocycles. The molecule has 0 amide bonds. The summed E-state index contributed by atoms with van der Waals surface area (Å²) in [6.07, 6.45) is -3.99. The molecule has 19 heavy (non-hydrogen) atoms. The van der Waals surface area contributed by atoms with Gasteiger partial charge in [0, 0.05) is 19.1 Å². The molecular weight excluding hydrogens is 255 g/mol. The third kappa shape index (κ3) is 3.28. The molecule has 0 spiro atoms. The van der Waals surface area contributed by atoms with Crippen molar-refractivity contribution < 1.29 is 17.9 Å². The van der Waals surface area contributed by atoms with E-state index >= 15 is 0 Å². The van der Waals surface area contributed by atoms with Gasteiger partial charge in [-0.2, -0.15) is 13.2 Å². The monoisotopic (exact) mass is 273 g/mol. The van der Waals surface area contributed by atoms with Crippen LogP contribution in [0.15, 0.2) is 24.3 Å². The third-order valence-electron chi connectivity index (χ3n) is 3.44. The number of alkyl halides is 3. The number of ether oxygens (including phenoxy) is 1. The minimum atomic E-state index is -4.33. The molecule has 1 aromatic rings. The van der Waals surface area contributed by atoms with E-state index in [1.165, 1.54) is 12.1 Å². The zero-order valence-electron chi connectivity index (χ0n) is 10.8. The molecule has 0 radical (unpaired) electrons. The Kier molecular flexibility index (Phi) is 4.47. The van der Waals surface area contributed by atoms with Crippen molar-refractivity contribution in [2.75, 3.05) is 19.7 Å². The van der Waals surface area contributed by atoms with Gasteiger partial charge in [-0.05, 0) is 24.6 Å². The van der Waals surface area contributed by atoms with Crippen LogP contribution in [0.1, 0.15) is 30.6 Å². The van der Waals surface area contributed by atoms with Crippen LogP contribution in [0.5, 0.6) is 0 Å². The number of halogens is 3. The summed E-state index contributed by atoms with van der Waals surface area (Å²) in [6.45, 7) is 4.00. The van der Waals surface area contributed by atoms with Gasteiger partial charge in [0.05, 0.1) is 11.7 Å². The zero-order valence-corrected chi connectivity index (χ0v) is 10.8. The SMILES string of the molecule is CCNCC1CCOC1c1ccccc1C(F)(F)F. The molecule has 2 unspecified atom stereocenters. The average molecular weight is 273 g/mol. The average Bonchev–Trinajstić information content (AvgIpc) is 2.83. The van der Waals surface area contributed by atoms with E-state index in [2.05, 4.69) is 5.32 Å². The van der Waals surface area contributed by atoms with Crippen LogP contribution in [0, 0.1) is 5.92 Å². The van der Waals surface area contributed by atoms with Crippen LogP contribution in [0.4, 0.5) is 13.2 Å². The predicted octanol–water partition coefficient (Wildman–Crippen LogP) is 3.39. The molecule has 1 aromatic carbocycles. The summed E-state index contributed by atoms with van der Waals surface area (Å²) in [6, 6.07) is 5.70. The van der Waals surface area contributed by atoms with Crippen LogP contribution < -0.4 is 5.32 Å². The molecule has 1 N–H and O–H groups in total. The lowest BCUT2D eigenvalue weighted by atomic mass is 9.92. The molecule has 1 fully saturated rings. The Morgan fingerprint density at radius 3 is 2.74 bits per heavy atom. The summed E-state index contributed by atoms with van der Waals surface area (Å²) in [5.41, 5.74) is -0.321. The number of hydrogen-bond acceptors (Lipinski definition) is 2. The summed E-state index contributed by atoms with van der Waals surface area (Å²) in [5.74, 6) is 0.100. The molecule has 0 bridgehead atoms. The Labute approximate surface area is 111 Å². The maximum absolute atomic E-state index is 13.0. The Hall–Kier alpha value is -1.07. The van der Waals surface area contributed by atoms with E-state index in [0.29, 0.717) is 13.2 Å². The first-order valence-electron chi connectivity index (χ1n) is 6.52. The van der Waals surface area contributed by atoms with Crippen LogP contribution in [0.3, 0.4) is 0 Å². The Morgan fingerprint density at radius 1 is 1.32 bits per heavy atom. The highest BCUT2D eigenvalue weighted by Crippen LogP contribution is 2.41. The second-order valence-electron chi connectivity index (χ2n) is 4.73. The molecule has 1 saturated heterocycles. The molecule has 2 atom stereocenters. The number of hydrogen-bond donors (Lipinski definition) is 1. The van der Waals surface area contributed by atoms with Crippen molar-refractivity contribution in [3.8, 4) is 0 Å². The fourth-order valence-electron chi connectivity index (χ4n) is 2.52. The van der Waals surface area contributed by atoms with E-state index in [1.54, 1.807) is 6.07 Å². The summed E-state index contributed by atoms with van der Waals surface area (Å²) in [4.78, 5) is 0. The first-order valence-corrected chi connectivity index (χ1v) is 6.52. The maximum atomic E-state index is 13.0. The molecule has 0 saturated carbocycles. The normalized spacial score (nSPS) is 23.8. The van der Waals surface area contributed by atoms with Gasteiger partial charge in [0.2, 0.25) is 0 Å². The number of rotatable bonds is 4. The predicted molar refractivity (Wildman–Crippen MR) is 66.8 cm³/mol. The van der Waals surface area contributed by atoms with Crippen molar-refractivity contribution in [2.45, 2.75) is 25.6 Å². The van der Waals surface area contributed by atoms with Gasteiger partial charge in [0.15, 0.2) is 0 Å². The smallest absolute Gasteiger partial charge is 0.373 e.